The Labute approximate surface area is 155 Å². The summed E-state index contributed by atoms with van der Waals surface area (Å²) in [6, 6.07) is 6.91. The smallest absolute Gasteiger partial charge is 0.352 e. The molecule has 1 aromatic heterocycles. The number of nitrogens with one attached hydrogen (secondary N) is 1. The highest BCUT2D eigenvalue weighted by Gasteiger charge is 2.32. The minimum Gasteiger partial charge on any atom is -0.477 e. The highest BCUT2D eigenvalue weighted by molar-refractivity contribution is 6.42. The highest BCUT2D eigenvalue weighted by atomic mass is 16.4. The second-order valence-corrected chi connectivity index (χ2v) is 6.03. The number of hydrogen-bond donors (Lipinski definition) is 3. The molecule has 0 saturated carbocycles. The highest BCUT2D eigenvalue weighted by Crippen LogP contribution is 2.26. The van der Waals surface area contributed by atoms with Gasteiger partial charge in [-0.3, -0.25) is 29.1 Å². The molecule has 2 aromatic rings. The average Bonchev–Trinajstić information content (AvgIpc) is 3.15. The third kappa shape index (κ3) is 2.45. The number of nitrogen functional groups attached to an aromatic ring is 1. The Kier molecular flexibility index (Phi) is 3.60. The maximum atomic E-state index is 12.5. The van der Waals surface area contributed by atoms with Crippen molar-refractivity contribution in [2.45, 2.75) is 6.42 Å². The first kappa shape index (κ1) is 17.1. The summed E-state index contributed by atoms with van der Waals surface area (Å²) in [5, 5.41) is 15.8. The molecule has 28 heavy (non-hydrogen) atoms. The van der Waals surface area contributed by atoms with E-state index in [4.69, 9.17) is 10.8 Å². The molecule has 0 aliphatic carbocycles. The molecule has 1 aromatic carbocycles. The number of aromatic nitrogens is 1. The summed E-state index contributed by atoms with van der Waals surface area (Å²) < 4.78 is 1.02. The van der Waals surface area contributed by atoms with E-state index in [9.17, 15) is 24.0 Å². The standard InChI is InChI=1S/C17H11N5O6/c18-14-13-9(15(25)19-16(13)26)5-11(23)21(14)7-2-1-3-8(4-7)22-12(24)6-10(20-22)17(27)28/h1-5H,6,18H2,(H,27,28)(H,19,25,26). The van der Waals surface area contributed by atoms with Crippen molar-refractivity contribution in [2.75, 3.05) is 10.7 Å². The zero-order chi connectivity index (χ0) is 20.2. The van der Waals surface area contributed by atoms with Gasteiger partial charge in [-0.15, -0.1) is 0 Å². The summed E-state index contributed by atoms with van der Waals surface area (Å²) in [5.41, 5.74) is 5.22. The Morgan fingerprint density at radius 3 is 2.50 bits per heavy atom. The quantitative estimate of drug-likeness (QED) is 0.602. The monoisotopic (exact) mass is 381 g/mol. The Balaban J connectivity index is 1.84. The largest absolute Gasteiger partial charge is 0.477 e. The first-order valence-electron chi connectivity index (χ1n) is 7.93. The number of hydrogen-bond acceptors (Lipinski definition) is 7. The van der Waals surface area contributed by atoms with E-state index in [0.29, 0.717) is 0 Å². The van der Waals surface area contributed by atoms with Crippen LogP contribution in [-0.4, -0.2) is 39.1 Å². The molecule has 140 valence electrons. The maximum absolute atomic E-state index is 12.5. The Bertz CT molecular complexity index is 1200. The van der Waals surface area contributed by atoms with Gasteiger partial charge in [0.15, 0.2) is 5.71 Å². The number of benzene rings is 1. The van der Waals surface area contributed by atoms with Gasteiger partial charge in [-0.25, -0.2) is 4.79 Å². The third-order valence-electron chi connectivity index (χ3n) is 4.31. The van der Waals surface area contributed by atoms with Crippen molar-refractivity contribution in [3.05, 3.63) is 51.8 Å². The summed E-state index contributed by atoms with van der Waals surface area (Å²) >= 11 is 0. The number of carboxylic acid groups (broad SMARTS) is 1. The molecule has 4 N–H and O–H groups in total. The van der Waals surface area contributed by atoms with Crippen LogP contribution in [0.25, 0.3) is 5.69 Å². The number of rotatable bonds is 3. The van der Waals surface area contributed by atoms with Crippen LogP contribution in [0.15, 0.2) is 40.2 Å². The molecular formula is C17H11N5O6. The van der Waals surface area contributed by atoms with Gasteiger partial charge < -0.3 is 10.8 Å². The fraction of sp³-hybridized carbons (Fsp3) is 0.0588. The van der Waals surface area contributed by atoms with Gasteiger partial charge >= 0.3 is 5.97 Å². The maximum Gasteiger partial charge on any atom is 0.352 e. The molecule has 0 saturated heterocycles. The zero-order valence-corrected chi connectivity index (χ0v) is 14.0. The van der Waals surface area contributed by atoms with Gasteiger partial charge in [0.25, 0.3) is 23.3 Å². The first-order valence-corrected chi connectivity index (χ1v) is 7.93. The van der Waals surface area contributed by atoms with Crippen molar-refractivity contribution < 1.29 is 24.3 Å². The van der Waals surface area contributed by atoms with E-state index >= 15 is 0 Å². The van der Waals surface area contributed by atoms with Crippen molar-refractivity contribution in [3.8, 4) is 5.69 Å². The molecular weight excluding hydrogens is 370 g/mol. The zero-order valence-electron chi connectivity index (χ0n) is 14.0. The molecule has 0 fully saturated rings. The molecule has 0 spiro atoms. The molecule has 0 atom stereocenters. The summed E-state index contributed by atoms with van der Waals surface area (Å²) in [4.78, 5) is 59.3. The number of imide groups is 1. The number of carboxylic acids is 1. The SMILES string of the molecule is Nc1c2c(cc(=O)n1-c1cccc(N3N=C(C(=O)O)CC3=O)c1)C(=O)NC2=O. The molecule has 0 bridgehead atoms. The number of nitrogens with zero attached hydrogens (tertiary/aromatic N) is 3. The van der Waals surface area contributed by atoms with E-state index in [2.05, 4.69) is 10.4 Å². The van der Waals surface area contributed by atoms with Gasteiger partial charge in [0.05, 0.1) is 28.9 Å². The number of anilines is 2. The fourth-order valence-electron chi connectivity index (χ4n) is 3.06. The fourth-order valence-corrected chi connectivity index (χ4v) is 3.06. The van der Waals surface area contributed by atoms with Crippen molar-refractivity contribution in [1.29, 1.82) is 0 Å². The van der Waals surface area contributed by atoms with Crippen LogP contribution in [0.3, 0.4) is 0 Å². The van der Waals surface area contributed by atoms with E-state index < -0.39 is 29.3 Å². The Morgan fingerprint density at radius 2 is 1.82 bits per heavy atom. The van der Waals surface area contributed by atoms with Crippen molar-refractivity contribution in [2.24, 2.45) is 5.10 Å². The van der Waals surface area contributed by atoms with Crippen LogP contribution in [0.2, 0.25) is 0 Å². The van der Waals surface area contributed by atoms with Gasteiger partial charge in [-0.05, 0) is 18.2 Å². The van der Waals surface area contributed by atoms with E-state index in [0.717, 1.165) is 15.6 Å². The number of aliphatic carboxylic acids is 1. The first-order chi connectivity index (χ1) is 13.3. The van der Waals surface area contributed by atoms with E-state index in [1.165, 1.54) is 24.3 Å². The van der Waals surface area contributed by atoms with Crippen molar-refractivity contribution in [3.63, 3.8) is 0 Å². The summed E-state index contributed by atoms with van der Waals surface area (Å²) in [6.07, 6.45) is -0.358. The van der Waals surface area contributed by atoms with Gasteiger partial charge in [0.1, 0.15) is 5.82 Å². The number of amides is 3. The van der Waals surface area contributed by atoms with Crippen LogP contribution in [0.1, 0.15) is 27.1 Å². The minimum absolute atomic E-state index is 0.106. The Hall–Kier alpha value is -4.28. The van der Waals surface area contributed by atoms with Crippen LogP contribution in [0, 0.1) is 0 Å². The normalized spacial score (nSPS) is 15.5. The second-order valence-electron chi connectivity index (χ2n) is 6.03. The number of hydrazone groups is 1. The third-order valence-corrected chi connectivity index (χ3v) is 4.31. The summed E-state index contributed by atoms with van der Waals surface area (Å²) in [5.74, 6) is -3.50. The number of carbonyl (C=O) groups is 4. The van der Waals surface area contributed by atoms with Crippen LogP contribution < -0.4 is 21.6 Å². The molecule has 2 aliphatic rings. The lowest BCUT2D eigenvalue weighted by Crippen LogP contribution is -2.25. The predicted octanol–water partition coefficient (Wildman–Crippen LogP) is -0.519. The number of nitrogens with two attached hydrogens (primary N) is 1. The van der Waals surface area contributed by atoms with Crippen LogP contribution in [-0.2, 0) is 9.59 Å². The van der Waals surface area contributed by atoms with Crippen molar-refractivity contribution >= 4 is 40.9 Å². The molecule has 11 heteroatoms. The van der Waals surface area contributed by atoms with E-state index in [1.54, 1.807) is 0 Å². The molecule has 0 radical (unpaired) electrons. The molecule has 3 heterocycles. The summed E-state index contributed by atoms with van der Waals surface area (Å²) in [7, 11) is 0. The lowest BCUT2D eigenvalue weighted by Gasteiger charge is -2.15. The topological polar surface area (TPSA) is 164 Å². The van der Waals surface area contributed by atoms with Crippen LogP contribution in [0.4, 0.5) is 11.5 Å². The number of fused-ring (bicyclic) bond motifs is 1. The molecule has 11 nitrogen and oxygen atoms in total. The van der Waals surface area contributed by atoms with E-state index in [-0.39, 0.29) is 40.5 Å². The number of pyridine rings is 1. The molecule has 4 rings (SSSR count). The molecule has 3 amide bonds. The summed E-state index contributed by atoms with van der Waals surface area (Å²) in [6.45, 7) is 0. The van der Waals surface area contributed by atoms with Gasteiger partial charge in [-0.1, -0.05) is 6.07 Å². The lowest BCUT2D eigenvalue weighted by atomic mass is 10.1. The van der Waals surface area contributed by atoms with Crippen molar-refractivity contribution in [1.82, 2.24) is 9.88 Å². The lowest BCUT2D eigenvalue weighted by molar-refractivity contribution is -0.129. The minimum atomic E-state index is -1.30. The average molecular weight is 381 g/mol. The van der Waals surface area contributed by atoms with Gasteiger partial charge in [0.2, 0.25) is 0 Å². The van der Waals surface area contributed by atoms with Crippen LogP contribution in [0.5, 0.6) is 0 Å². The molecule has 0 unspecified atom stereocenters. The number of carbonyl (C=O) groups excluding carboxylic acids is 3. The molecule has 2 aliphatic heterocycles. The predicted molar refractivity (Wildman–Crippen MR) is 95.4 cm³/mol. The Morgan fingerprint density at radius 1 is 1.11 bits per heavy atom. The second kappa shape index (κ2) is 5.87. The van der Waals surface area contributed by atoms with Crippen LogP contribution >= 0.6 is 0 Å². The van der Waals surface area contributed by atoms with E-state index in [1.807, 2.05) is 0 Å². The van der Waals surface area contributed by atoms with Gasteiger partial charge in [-0.2, -0.15) is 10.1 Å². The van der Waals surface area contributed by atoms with Gasteiger partial charge in [0, 0.05) is 6.07 Å².